The van der Waals surface area contributed by atoms with E-state index in [1.807, 2.05) is 13.8 Å². The Morgan fingerprint density at radius 3 is 1.09 bits per heavy atom. The van der Waals surface area contributed by atoms with E-state index in [-0.39, 0.29) is 75.0 Å². The van der Waals surface area contributed by atoms with E-state index in [0.29, 0.717) is 12.8 Å². The van der Waals surface area contributed by atoms with Crippen LogP contribution in [-0.4, -0.2) is 50.3 Å². The van der Waals surface area contributed by atoms with Crippen molar-refractivity contribution in [3.63, 3.8) is 0 Å². The van der Waals surface area contributed by atoms with Gasteiger partial charge in [0.2, 0.25) is 0 Å². The fraction of sp³-hybridized carbons (Fsp3) is 0.897. The van der Waals surface area contributed by atoms with Crippen molar-refractivity contribution < 1.29 is 38.1 Å². The molecular weight excluding hydrogens is 596 g/mol. The van der Waals surface area contributed by atoms with Gasteiger partial charge in [-0.3, -0.25) is 19.2 Å². The molecule has 0 heterocycles. The highest BCUT2D eigenvalue weighted by atomic mass is 16.6. The lowest BCUT2D eigenvalue weighted by Gasteiger charge is -2.32. The molecule has 0 saturated carbocycles. The summed E-state index contributed by atoms with van der Waals surface area (Å²) in [6.07, 6.45) is 19.7. The van der Waals surface area contributed by atoms with E-state index in [4.69, 9.17) is 18.9 Å². The highest BCUT2D eigenvalue weighted by Gasteiger charge is 2.39. The van der Waals surface area contributed by atoms with Crippen LogP contribution < -0.4 is 0 Å². The van der Waals surface area contributed by atoms with Gasteiger partial charge in [-0.25, -0.2) is 0 Å². The Morgan fingerprint density at radius 1 is 0.426 bits per heavy atom. The zero-order valence-electron chi connectivity index (χ0n) is 31.3. The second-order valence-corrected chi connectivity index (χ2v) is 13.6. The first-order valence-corrected chi connectivity index (χ1v) is 19.4. The van der Waals surface area contributed by atoms with E-state index in [9.17, 15) is 19.2 Å². The molecule has 0 aromatic carbocycles. The van der Waals surface area contributed by atoms with Gasteiger partial charge in [-0.05, 0) is 38.5 Å². The van der Waals surface area contributed by atoms with Crippen LogP contribution in [0.15, 0.2) is 0 Å². The summed E-state index contributed by atoms with van der Waals surface area (Å²) >= 11 is 0. The van der Waals surface area contributed by atoms with Crippen molar-refractivity contribution >= 4 is 23.9 Å². The fourth-order valence-corrected chi connectivity index (χ4v) is 5.52. The van der Waals surface area contributed by atoms with Gasteiger partial charge in [-0.15, -0.1) is 0 Å². The van der Waals surface area contributed by atoms with Gasteiger partial charge in [0.15, 0.2) is 0 Å². The zero-order chi connectivity index (χ0) is 35.2. The van der Waals surface area contributed by atoms with Gasteiger partial charge in [0, 0.05) is 12.8 Å². The molecule has 0 spiro atoms. The van der Waals surface area contributed by atoms with Crippen molar-refractivity contribution in [1.82, 2.24) is 0 Å². The van der Waals surface area contributed by atoms with Crippen molar-refractivity contribution in [2.24, 2.45) is 17.3 Å². The lowest BCUT2D eigenvalue weighted by atomic mass is 9.91. The summed E-state index contributed by atoms with van der Waals surface area (Å²) in [5, 5.41) is 0. The van der Waals surface area contributed by atoms with Crippen LogP contribution in [0.2, 0.25) is 0 Å². The van der Waals surface area contributed by atoms with Gasteiger partial charge in [-0.2, -0.15) is 0 Å². The van der Waals surface area contributed by atoms with Crippen molar-refractivity contribution in [2.45, 2.75) is 183 Å². The smallest absolute Gasteiger partial charge is 0.308 e. The van der Waals surface area contributed by atoms with Gasteiger partial charge in [-0.1, -0.05) is 131 Å². The Morgan fingerprint density at radius 2 is 0.745 bits per heavy atom. The summed E-state index contributed by atoms with van der Waals surface area (Å²) in [4.78, 5) is 52.0. The van der Waals surface area contributed by atoms with Gasteiger partial charge < -0.3 is 18.9 Å². The van der Waals surface area contributed by atoms with Gasteiger partial charge in [0.25, 0.3) is 0 Å². The molecule has 0 aromatic heterocycles. The van der Waals surface area contributed by atoms with Crippen molar-refractivity contribution in [2.75, 3.05) is 26.4 Å². The maximum absolute atomic E-state index is 13.2. The Balaban J connectivity index is 5.83. The highest BCUT2D eigenvalue weighted by Crippen LogP contribution is 2.26. The molecule has 0 aliphatic heterocycles. The molecule has 47 heavy (non-hydrogen) atoms. The third-order valence-corrected chi connectivity index (χ3v) is 9.05. The fourth-order valence-electron chi connectivity index (χ4n) is 5.52. The topological polar surface area (TPSA) is 105 Å². The Bertz CT molecular complexity index is 745. The summed E-state index contributed by atoms with van der Waals surface area (Å²) in [5.41, 5.74) is -1.20. The standard InChI is InChI=1S/C39H72O8/c1-7-13-17-19-21-23-27-35(40)44-29-39(31-46-37(42)33(11-5)25-15-9-3,32-47-38(43)34(12-6)26-16-10-4)30-45-36(41)28-24-22-20-18-14-8-2/h33-34H,7-32H2,1-6H3. The molecule has 0 bridgehead atoms. The Kier molecular flexibility index (Phi) is 28.6. The van der Waals surface area contributed by atoms with E-state index in [1.165, 1.54) is 12.8 Å². The van der Waals surface area contributed by atoms with Crippen LogP contribution in [0.3, 0.4) is 0 Å². The molecular formula is C39H72O8. The van der Waals surface area contributed by atoms with E-state index in [1.54, 1.807) is 0 Å². The molecule has 0 N–H and O–H groups in total. The molecule has 276 valence electrons. The predicted octanol–water partition coefficient (Wildman–Crippen LogP) is 10.1. The zero-order valence-corrected chi connectivity index (χ0v) is 31.3. The molecule has 0 saturated heterocycles. The molecule has 0 rings (SSSR count). The van der Waals surface area contributed by atoms with Crippen molar-refractivity contribution in [3.05, 3.63) is 0 Å². The molecule has 8 heteroatoms. The first kappa shape index (κ1) is 44.9. The third kappa shape index (κ3) is 23.0. The van der Waals surface area contributed by atoms with E-state index in [2.05, 4.69) is 27.7 Å². The normalized spacial score (nSPS) is 12.7. The van der Waals surface area contributed by atoms with Gasteiger partial charge in [0.1, 0.15) is 31.8 Å². The lowest BCUT2D eigenvalue weighted by Crippen LogP contribution is -2.44. The number of hydrogen-bond donors (Lipinski definition) is 0. The molecule has 0 aliphatic rings. The molecule has 0 aromatic rings. The average molecular weight is 669 g/mol. The van der Waals surface area contributed by atoms with E-state index < -0.39 is 5.41 Å². The first-order valence-electron chi connectivity index (χ1n) is 19.4. The van der Waals surface area contributed by atoms with Crippen molar-refractivity contribution in [3.8, 4) is 0 Å². The maximum Gasteiger partial charge on any atom is 0.308 e. The lowest BCUT2D eigenvalue weighted by molar-refractivity contribution is -0.173. The molecule has 2 atom stereocenters. The van der Waals surface area contributed by atoms with Gasteiger partial charge in [0.05, 0.1) is 11.8 Å². The molecule has 2 unspecified atom stereocenters. The minimum atomic E-state index is -1.20. The molecule has 0 radical (unpaired) electrons. The molecule has 0 fully saturated rings. The largest absolute Gasteiger partial charge is 0.465 e. The van der Waals surface area contributed by atoms with E-state index >= 15 is 0 Å². The van der Waals surface area contributed by atoms with Crippen LogP contribution in [0.5, 0.6) is 0 Å². The summed E-state index contributed by atoms with van der Waals surface area (Å²) in [5.74, 6) is -1.88. The maximum atomic E-state index is 13.2. The van der Waals surface area contributed by atoms with E-state index in [0.717, 1.165) is 103 Å². The minimum absolute atomic E-state index is 0.177. The Hall–Kier alpha value is -2.12. The third-order valence-electron chi connectivity index (χ3n) is 9.05. The molecule has 8 nitrogen and oxygen atoms in total. The first-order chi connectivity index (χ1) is 22.7. The number of carbonyl (C=O) groups is 4. The summed E-state index contributed by atoms with van der Waals surface area (Å²) < 4.78 is 23.2. The number of unbranched alkanes of at least 4 members (excludes halogenated alkanes) is 12. The summed E-state index contributed by atoms with van der Waals surface area (Å²) in [6, 6.07) is 0. The van der Waals surface area contributed by atoms with Crippen LogP contribution in [-0.2, 0) is 38.1 Å². The number of ether oxygens (including phenoxy) is 4. The summed E-state index contributed by atoms with van der Waals surface area (Å²) in [7, 11) is 0. The second kappa shape index (κ2) is 30.0. The van der Waals surface area contributed by atoms with Crippen LogP contribution >= 0.6 is 0 Å². The highest BCUT2D eigenvalue weighted by molar-refractivity contribution is 5.73. The van der Waals surface area contributed by atoms with Crippen LogP contribution in [0, 0.1) is 17.3 Å². The number of rotatable bonds is 32. The monoisotopic (exact) mass is 669 g/mol. The van der Waals surface area contributed by atoms with Crippen molar-refractivity contribution in [1.29, 1.82) is 0 Å². The second-order valence-electron chi connectivity index (χ2n) is 13.6. The number of hydrogen-bond acceptors (Lipinski definition) is 8. The Labute approximate surface area is 288 Å². The van der Waals surface area contributed by atoms with Crippen LogP contribution in [0.4, 0.5) is 0 Å². The van der Waals surface area contributed by atoms with Crippen LogP contribution in [0.25, 0.3) is 0 Å². The summed E-state index contributed by atoms with van der Waals surface area (Å²) in [6.45, 7) is 11.7. The quantitative estimate of drug-likeness (QED) is 0.0396. The van der Waals surface area contributed by atoms with Crippen LogP contribution in [0.1, 0.15) is 183 Å². The molecule has 0 amide bonds. The predicted molar refractivity (Wildman–Crippen MR) is 189 cm³/mol. The molecule has 0 aliphatic carbocycles. The van der Waals surface area contributed by atoms with Gasteiger partial charge >= 0.3 is 23.9 Å². The number of esters is 4. The SMILES string of the molecule is CCCCCCCCC(=O)OCC(COC(=O)CCCCCCCC)(COC(=O)C(CC)CCCC)COC(=O)C(CC)CCCC. The average Bonchev–Trinajstić information content (AvgIpc) is 3.07. The minimum Gasteiger partial charge on any atom is -0.465 e. The number of carbonyl (C=O) groups excluding carboxylic acids is 4.